The first kappa shape index (κ1) is 14.3. The first-order chi connectivity index (χ1) is 10.1. The molecule has 1 aliphatic heterocycles. The number of urea groups is 1. The van der Waals surface area contributed by atoms with Gasteiger partial charge in [-0.2, -0.15) is 0 Å². The molecular formula is C14H19N3O3S. The van der Waals surface area contributed by atoms with E-state index in [4.69, 9.17) is 5.11 Å². The Morgan fingerprint density at radius 1 is 1.29 bits per heavy atom. The summed E-state index contributed by atoms with van der Waals surface area (Å²) in [6, 6.07) is -0.230. The molecule has 2 amide bonds. The van der Waals surface area contributed by atoms with Crippen molar-refractivity contribution in [3.05, 3.63) is 10.6 Å². The van der Waals surface area contributed by atoms with E-state index in [9.17, 15) is 9.59 Å². The van der Waals surface area contributed by atoms with Crippen LogP contribution < -0.4 is 5.32 Å². The Morgan fingerprint density at radius 2 is 2.10 bits per heavy atom. The minimum absolute atomic E-state index is 0.230. The molecule has 1 aliphatic carbocycles. The van der Waals surface area contributed by atoms with Gasteiger partial charge in [0.25, 0.3) is 0 Å². The number of hydrogen-bond acceptors (Lipinski definition) is 4. The van der Waals surface area contributed by atoms with Gasteiger partial charge in [-0.15, -0.1) is 11.3 Å². The molecule has 1 unspecified atom stereocenters. The van der Waals surface area contributed by atoms with Crippen molar-refractivity contribution in [2.45, 2.75) is 38.5 Å². The predicted molar refractivity (Wildman–Crippen MR) is 79.7 cm³/mol. The van der Waals surface area contributed by atoms with Gasteiger partial charge in [0.05, 0.1) is 11.6 Å². The van der Waals surface area contributed by atoms with Crippen LogP contribution in [0.25, 0.3) is 0 Å². The first-order valence-electron chi connectivity index (χ1n) is 7.41. The highest BCUT2D eigenvalue weighted by Crippen LogP contribution is 2.30. The molecule has 1 aromatic rings. The van der Waals surface area contributed by atoms with E-state index in [1.807, 2.05) is 0 Å². The molecule has 6 nitrogen and oxygen atoms in total. The summed E-state index contributed by atoms with van der Waals surface area (Å²) in [5.74, 6) is -1.27. The number of nitrogens with zero attached hydrogens (tertiary/aromatic N) is 2. The molecule has 2 aliphatic rings. The lowest BCUT2D eigenvalue weighted by Gasteiger charge is -2.30. The number of thiazole rings is 1. The van der Waals surface area contributed by atoms with Crippen LogP contribution in [0.1, 0.15) is 36.3 Å². The minimum atomic E-state index is -0.822. The number of rotatable bonds is 2. The summed E-state index contributed by atoms with van der Waals surface area (Å²) in [5, 5.41) is 12.5. The smallest absolute Gasteiger partial charge is 0.323 e. The third kappa shape index (κ3) is 3.18. The Hall–Kier alpha value is -1.63. The molecule has 0 spiro atoms. The Labute approximate surface area is 127 Å². The summed E-state index contributed by atoms with van der Waals surface area (Å²) in [7, 11) is 0. The van der Waals surface area contributed by atoms with Gasteiger partial charge in [-0.05, 0) is 38.5 Å². The number of hydrogen-bond donors (Lipinski definition) is 2. The first-order valence-corrected chi connectivity index (χ1v) is 8.22. The number of carbonyl (C=O) groups is 2. The number of nitrogens with one attached hydrogen (secondary N) is 1. The number of carboxylic acids is 1. The third-order valence-corrected chi connectivity index (χ3v) is 5.19. The van der Waals surface area contributed by atoms with E-state index < -0.39 is 11.9 Å². The number of anilines is 1. The second-order valence-corrected chi connectivity index (χ2v) is 6.73. The maximum Gasteiger partial charge on any atom is 0.323 e. The fourth-order valence-corrected chi connectivity index (χ4v) is 3.98. The standard InChI is InChI=1S/C14H19N3O3S/c18-12(19)9-4-3-7-17(8-9)14(20)16-13-15-10-5-1-2-6-11(10)21-13/h9H,1-8H2,(H,18,19)(H,15,16,20). The van der Waals surface area contributed by atoms with E-state index in [1.165, 1.54) is 11.3 Å². The predicted octanol–water partition coefficient (Wildman–Crippen LogP) is 2.35. The van der Waals surface area contributed by atoms with Gasteiger partial charge in [0.1, 0.15) is 0 Å². The van der Waals surface area contributed by atoms with Crippen molar-refractivity contribution in [1.82, 2.24) is 9.88 Å². The monoisotopic (exact) mass is 309 g/mol. The topological polar surface area (TPSA) is 82.5 Å². The van der Waals surface area contributed by atoms with Crippen LogP contribution in [0.5, 0.6) is 0 Å². The Morgan fingerprint density at radius 3 is 2.86 bits per heavy atom. The van der Waals surface area contributed by atoms with Crippen LogP contribution in [-0.4, -0.2) is 40.1 Å². The average Bonchev–Trinajstić information content (AvgIpc) is 2.89. The van der Waals surface area contributed by atoms with Gasteiger partial charge in [-0.1, -0.05) is 0 Å². The number of amides is 2. The Bertz CT molecular complexity index is 534. The molecule has 7 heteroatoms. The lowest BCUT2D eigenvalue weighted by atomic mass is 9.99. The highest BCUT2D eigenvalue weighted by atomic mass is 32.1. The summed E-state index contributed by atoms with van der Waals surface area (Å²) >= 11 is 1.55. The summed E-state index contributed by atoms with van der Waals surface area (Å²) in [4.78, 5) is 30.6. The van der Waals surface area contributed by atoms with Gasteiger partial charge < -0.3 is 10.0 Å². The van der Waals surface area contributed by atoms with E-state index >= 15 is 0 Å². The molecule has 2 heterocycles. The normalized spacial score (nSPS) is 21.7. The van der Waals surface area contributed by atoms with E-state index in [-0.39, 0.29) is 12.6 Å². The molecule has 0 bridgehead atoms. The number of piperidine rings is 1. The summed E-state index contributed by atoms with van der Waals surface area (Å²) < 4.78 is 0. The fourth-order valence-electron chi connectivity index (χ4n) is 2.94. The van der Waals surface area contributed by atoms with Crippen LogP contribution in [0.15, 0.2) is 0 Å². The molecule has 114 valence electrons. The lowest BCUT2D eigenvalue weighted by molar-refractivity contribution is -0.143. The summed E-state index contributed by atoms with van der Waals surface area (Å²) in [5.41, 5.74) is 1.11. The molecule has 1 fully saturated rings. The van der Waals surface area contributed by atoms with Crippen LogP contribution in [0.2, 0.25) is 0 Å². The second-order valence-electron chi connectivity index (χ2n) is 5.65. The zero-order valence-corrected chi connectivity index (χ0v) is 12.6. The van der Waals surface area contributed by atoms with Crippen LogP contribution in [-0.2, 0) is 17.6 Å². The molecule has 0 aromatic carbocycles. The van der Waals surface area contributed by atoms with Crippen LogP contribution in [0, 0.1) is 5.92 Å². The van der Waals surface area contributed by atoms with E-state index in [1.54, 1.807) is 16.2 Å². The maximum absolute atomic E-state index is 12.2. The largest absolute Gasteiger partial charge is 0.481 e. The lowest BCUT2D eigenvalue weighted by Crippen LogP contribution is -2.44. The van der Waals surface area contributed by atoms with Crippen molar-refractivity contribution in [3.8, 4) is 0 Å². The van der Waals surface area contributed by atoms with Crippen molar-refractivity contribution < 1.29 is 14.7 Å². The maximum atomic E-state index is 12.2. The summed E-state index contributed by atoms with van der Waals surface area (Å²) in [6.45, 7) is 0.896. The molecule has 1 aromatic heterocycles. The molecule has 21 heavy (non-hydrogen) atoms. The molecule has 3 rings (SSSR count). The SMILES string of the molecule is O=C(O)C1CCCN(C(=O)Nc2nc3c(s2)CCCC3)C1. The van der Waals surface area contributed by atoms with Gasteiger partial charge >= 0.3 is 12.0 Å². The van der Waals surface area contributed by atoms with Gasteiger partial charge in [0.2, 0.25) is 0 Å². The second kappa shape index (κ2) is 6.01. The average molecular weight is 309 g/mol. The van der Waals surface area contributed by atoms with Gasteiger partial charge in [-0.3, -0.25) is 10.1 Å². The third-order valence-electron chi connectivity index (χ3n) is 4.12. The van der Waals surface area contributed by atoms with E-state index in [0.717, 1.165) is 31.4 Å². The highest BCUT2D eigenvalue weighted by Gasteiger charge is 2.28. The number of aromatic nitrogens is 1. The van der Waals surface area contributed by atoms with Gasteiger partial charge in [-0.25, -0.2) is 9.78 Å². The van der Waals surface area contributed by atoms with Gasteiger partial charge in [0.15, 0.2) is 5.13 Å². The fraction of sp³-hybridized carbons (Fsp3) is 0.643. The van der Waals surface area contributed by atoms with Crippen molar-refractivity contribution in [2.24, 2.45) is 5.92 Å². The number of carbonyl (C=O) groups excluding carboxylic acids is 1. The molecule has 1 atom stereocenters. The van der Waals surface area contributed by atoms with Crippen LogP contribution >= 0.6 is 11.3 Å². The zero-order valence-electron chi connectivity index (χ0n) is 11.8. The number of aliphatic carboxylic acids is 1. The number of fused-ring (bicyclic) bond motifs is 1. The number of carboxylic acid groups (broad SMARTS) is 1. The summed E-state index contributed by atoms with van der Waals surface area (Å²) in [6.07, 6.45) is 5.77. The molecule has 1 saturated heterocycles. The number of aryl methyl sites for hydroxylation is 2. The molecule has 2 N–H and O–H groups in total. The van der Waals surface area contributed by atoms with Crippen LogP contribution in [0.3, 0.4) is 0 Å². The van der Waals surface area contributed by atoms with Crippen molar-refractivity contribution in [2.75, 3.05) is 18.4 Å². The van der Waals surface area contributed by atoms with Crippen molar-refractivity contribution in [1.29, 1.82) is 0 Å². The van der Waals surface area contributed by atoms with E-state index in [2.05, 4.69) is 10.3 Å². The Kier molecular flexibility index (Phi) is 4.10. The molecule has 0 radical (unpaired) electrons. The zero-order chi connectivity index (χ0) is 14.8. The highest BCUT2D eigenvalue weighted by molar-refractivity contribution is 7.15. The van der Waals surface area contributed by atoms with Crippen molar-refractivity contribution >= 4 is 28.5 Å². The quantitative estimate of drug-likeness (QED) is 0.878. The Balaban J connectivity index is 1.63. The number of likely N-dealkylation sites (tertiary alicyclic amines) is 1. The van der Waals surface area contributed by atoms with Crippen LogP contribution in [0.4, 0.5) is 9.93 Å². The molecule has 0 saturated carbocycles. The van der Waals surface area contributed by atoms with Crippen molar-refractivity contribution in [3.63, 3.8) is 0 Å². The molecular weight excluding hydrogens is 290 g/mol. The van der Waals surface area contributed by atoms with Gasteiger partial charge in [0, 0.05) is 18.0 Å². The minimum Gasteiger partial charge on any atom is -0.481 e. The van der Waals surface area contributed by atoms with E-state index in [0.29, 0.717) is 18.1 Å².